The summed E-state index contributed by atoms with van der Waals surface area (Å²) >= 11 is 0. The lowest BCUT2D eigenvalue weighted by Crippen LogP contribution is -2.07. The highest BCUT2D eigenvalue weighted by Crippen LogP contribution is 2.10. The molecule has 1 amide bonds. The third-order valence-electron chi connectivity index (χ3n) is 1.72. The second kappa shape index (κ2) is 2.90. The molecule has 0 aromatic carbocycles. The number of amides is 1. The third kappa shape index (κ3) is 1.38. The first kappa shape index (κ1) is 7.79. The van der Waals surface area contributed by atoms with E-state index in [0.29, 0.717) is 5.82 Å². The Hall–Kier alpha value is -1.84. The number of nitrogens with zero attached hydrogens (tertiary/aromatic N) is 2. The molecule has 0 atom stereocenters. The molecule has 66 valence electrons. The standard InChI is InChI=1S/C9H9N3O/c1-7(13)11-9-6-10-8-4-2-3-5-12(8)9/h2-6H,1H3,(H,11,13). The van der Waals surface area contributed by atoms with Crippen LogP contribution in [0.3, 0.4) is 0 Å². The van der Waals surface area contributed by atoms with Crippen molar-refractivity contribution in [2.75, 3.05) is 5.32 Å². The summed E-state index contributed by atoms with van der Waals surface area (Å²) < 4.78 is 1.82. The Morgan fingerprint density at radius 3 is 3.15 bits per heavy atom. The number of carbonyl (C=O) groups is 1. The maximum Gasteiger partial charge on any atom is 0.222 e. The van der Waals surface area contributed by atoms with Crippen molar-refractivity contribution < 1.29 is 4.79 Å². The molecular formula is C9H9N3O. The Balaban J connectivity index is 2.51. The minimum absolute atomic E-state index is 0.0920. The number of fused-ring (bicyclic) bond motifs is 1. The van der Waals surface area contributed by atoms with E-state index in [2.05, 4.69) is 10.3 Å². The summed E-state index contributed by atoms with van der Waals surface area (Å²) in [6, 6.07) is 5.67. The molecule has 0 aliphatic heterocycles. The summed E-state index contributed by atoms with van der Waals surface area (Å²) in [6.45, 7) is 1.47. The molecule has 0 fully saturated rings. The zero-order valence-corrected chi connectivity index (χ0v) is 7.19. The normalized spacial score (nSPS) is 10.2. The van der Waals surface area contributed by atoms with Crippen LogP contribution in [0.25, 0.3) is 5.65 Å². The van der Waals surface area contributed by atoms with E-state index >= 15 is 0 Å². The van der Waals surface area contributed by atoms with Crippen molar-refractivity contribution >= 4 is 17.4 Å². The molecule has 2 aromatic heterocycles. The van der Waals surface area contributed by atoms with Crippen LogP contribution in [-0.4, -0.2) is 15.3 Å². The molecule has 0 radical (unpaired) electrons. The summed E-state index contributed by atoms with van der Waals surface area (Å²) in [5.74, 6) is 0.605. The summed E-state index contributed by atoms with van der Waals surface area (Å²) in [7, 11) is 0. The monoisotopic (exact) mass is 175 g/mol. The summed E-state index contributed by atoms with van der Waals surface area (Å²) in [5.41, 5.74) is 0.825. The Morgan fingerprint density at radius 1 is 1.54 bits per heavy atom. The maximum atomic E-state index is 10.8. The zero-order valence-electron chi connectivity index (χ0n) is 7.19. The zero-order chi connectivity index (χ0) is 9.26. The summed E-state index contributed by atoms with van der Waals surface area (Å²) in [4.78, 5) is 14.9. The first-order valence-corrected chi connectivity index (χ1v) is 3.97. The van der Waals surface area contributed by atoms with Crippen LogP contribution in [-0.2, 0) is 4.79 Å². The molecule has 2 rings (SSSR count). The van der Waals surface area contributed by atoms with Gasteiger partial charge in [0.05, 0.1) is 6.20 Å². The Kier molecular flexibility index (Phi) is 1.73. The van der Waals surface area contributed by atoms with Crippen LogP contribution >= 0.6 is 0 Å². The van der Waals surface area contributed by atoms with Crippen molar-refractivity contribution in [2.24, 2.45) is 0 Å². The third-order valence-corrected chi connectivity index (χ3v) is 1.72. The SMILES string of the molecule is CC(=O)Nc1cnc2ccccn12. The van der Waals surface area contributed by atoms with Crippen LogP contribution in [0.15, 0.2) is 30.6 Å². The number of rotatable bonds is 1. The predicted molar refractivity (Wildman–Crippen MR) is 49.5 cm³/mol. The van der Waals surface area contributed by atoms with E-state index in [1.54, 1.807) is 6.20 Å². The van der Waals surface area contributed by atoms with E-state index in [4.69, 9.17) is 0 Å². The molecule has 1 N–H and O–H groups in total. The van der Waals surface area contributed by atoms with Crippen molar-refractivity contribution in [3.63, 3.8) is 0 Å². The van der Waals surface area contributed by atoms with Gasteiger partial charge in [-0.3, -0.25) is 9.20 Å². The maximum absolute atomic E-state index is 10.8. The number of hydrogen-bond donors (Lipinski definition) is 1. The fourth-order valence-corrected chi connectivity index (χ4v) is 1.21. The van der Waals surface area contributed by atoms with Crippen LogP contribution in [0, 0.1) is 0 Å². The lowest BCUT2D eigenvalue weighted by Gasteiger charge is -1.99. The van der Waals surface area contributed by atoms with Crippen molar-refractivity contribution in [2.45, 2.75) is 6.92 Å². The van der Waals surface area contributed by atoms with E-state index in [9.17, 15) is 4.79 Å². The molecule has 0 saturated carbocycles. The topological polar surface area (TPSA) is 46.4 Å². The van der Waals surface area contributed by atoms with Crippen molar-refractivity contribution in [3.05, 3.63) is 30.6 Å². The fourth-order valence-electron chi connectivity index (χ4n) is 1.21. The van der Waals surface area contributed by atoms with E-state index in [-0.39, 0.29) is 5.91 Å². The van der Waals surface area contributed by atoms with Gasteiger partial charge in [0.25, 0.3) is 0 Å². The molecule has 4 nitrogen and oxygen atoms in total. The van der Waals surface area contributed by atoms with Gasteiger partial charge in [0.1, 0.15) is 11.5 Å². The fraction of sp³-hybridized carbons (Fsp3) is 0.111. The number of hydrogen-bond acceptors (Lipinski definition) is 2. The number of carbonyl (C=O) groups excluding carboxylic acids is 1. The van der Waals surface area contributed by atoms with Crippen molar-refractivity contribution in [3.8, 4) is 0 Å². The van der Waals surface area contributed by atoms with E-state index in [1.165, 1.54) is 6.92 Å². The lowest BCUT2D eigenvalue weighted by atomic mass is 10.5. The van der Waals surface area contributed by atoms with Gasteiger partial charge in [-0.1, -0.05) is 6.07 Å². The summed E-state index contributed by atoms with van der Waals surface area (Å²) in [6.07, 6.45) is 3.49. The molecular weight excluding hydrogens is 166 g/mol. The first-order chi connectivity index (χ1) is 6.27. The average molecular weight is 175 g/mol. The van der Waals surface area contributed by atoms with Crippen molar-refractivity contribution in [1.29, 1.82) is 0 Å². The lowest BCUT2D eigenvalue weighted by molar-refractivity contribution is -0.114. The van der Waals surface area contributed by atoms with Gasteiger partial charge < -0.3 is 5.32 Å². The predicted octanol–water partition coefficient (Wildman–Crippen LogP) is 1.29. The minimum atomic E-state index is -0.0920. The van der Waals surface area contributed by atoms with Crippen LogP contribution in [0.4, 0.5) is 5.82 Å². The number of anilines is 1. The molecule has 13 heavy (non-hydrogen) atoms. The second-order valence-electron chi connectivity index (χ2n) is 2.75. The quantitative estimate of drug-likeness (QED) is 0.709. The Morgan fingerprint density at radius 2 is 2.38 bits per heavy atom. The van der Waals surface area contributed by atoms with Crippen LogP contribution < -0.4 is 5.32 Å². The van der Waals surface area contributed by atoms with Gasteiger partial charge in [-0.05, 0) is 12.1 Å². The van der Waals surface area contributed by atoms with Gasteiger partial charge in [-0.25, -0.2) is 4.98 Å². The van der Waals surface area contributed by atoms with E-state index in [0.717, 1.165) is 5.65 Å². The van der Waals surface area contributed by atoms with Crippen LogP contribution in [0.2, 0.25) is 0 Å². The molecule has 0 saturated heterocycles. The molecule has 2 heterocycles. The van der Waals surface area contributed by atoms with Crippen LogP contribution in [0.1, 0.15) is 6.92 Å². The second-order valence-corrected chi connectivity index (χ2v) is 2.75. The number of pyridine rings is 1. The molecule has 2 aromatic rings. The van der Waals surface area contributed by atoms with Gasteiger partial charge in [0.15, 0.2) is 0 Å². The average Bonchev–Trinajstić information content (AvgIpc) is 2.48. The van der Waals surface area contributed by atoms with Gasteiger partial charge in [-0.2, -0.15) is 0 Å². The van der Waals surface area contributed by atoms with Crippen molar-refractivity contribution in [1.82, 2.24) is 9.38 Å². The minimum Gasteiger partial charge on any atom is -0.311 e. The van der Waals surface area contributed by atoms with E-state index < -0.39 is 0 Å². The largest absolute Gasteiger partial charge is 0.311 e. The number of imidazole rings is 1. The number of aromatic nitrogens is 2. The highest BCUT2D eigenvalue weighted by Gasteiger charge is 2.01. The van der Waals surface area contributed by atoms with Gasteiger partial charge in [0.2, 0.25) is 5.91 Å². The molecule has 0 aliphatic rings. The summed E-state index contributed by atoms with van der Waals surface area (Å²) in [5, 5.41) is 2.69. The molecule has 0 bridgehead atoms. The Bertz CT molecular complexity index is 447. The highest BCUT2D eigenvalue weighted by molar-refractivity contribution is 5.88. The first-order valence-electron chi connectivity index (χ1n) is 3.97. The van der Waals surface area contributed by atoms with E-state index in [1.807, 2.05) is 28.8 Å². The van der Waals surface area contributed by atoms with Gasteiger partial charge in [-0.15, -0.1) is 0 Å². The number of nitrogens with one attached hydrogen (secondary N) is 1. The van der Waals surface area contributed by atoms with Crippen LogP contribution in [0.5, 0.6) is 0 Å². The highest BCUT2D eigenvalue weighted by atomic mass is 16.1. The van der Waals surface area contributed by atoms with Gasteiger partial charge in [0, 0.05) is 13.1 Å². The molecule has 0 aliphatic carbocycles. The molecule has 4 heteroatoms. The smallest absolute Gasteiger partial charge is 0.222 e. The molecule has 0 spiro atoms. The Labute approximate surface area is 75.2 Å². The molecule has 0 unspecified atom stereocenters. The van der Waals surface area contributed by atoms with Gasteiger partial charge >= 0.3 is 0 Å².